The first kappa shape index (κ1) is 12.2. The van der Waals surface area contributed by atoms with Crippen molar-refractivity contribution in [1.82, 2.24) is 0 Å². The average Bonchev–Trinajstić information content (AvgIpc) is 2.10. The normalized spacial score (nSPS) is 12.9. The SMILES string of the molecule is Cc1ccc(Br)cc1C(C(=O)O)C(C)C. The fraction of sp³-hybridized carbons (Fsp3) is 0.417. The van der Waals surface area contributed by atoms with Gasteiger partial charge in [0.05, 0.1) is 5.92 Å². The Hall–Kier alpha value is -0.830. The molecular weight excluding hydrogens is 256 g/mol. The molecule has 0 spiro atoms. The van der Waals surface area contributed by atoms with E-state index in [1.165, 1.54) is 0 Å². The van der Waals surface area contributed by atoms with Gasteiger partial charge in [-0.2, -0.15) is 0 Å². The maximum Gasteiger partial charge on any atom is 0.311 e. The number of benzene rings is 1. The maximum absolute atomic E-state index is 11.2. The molecule has 15 heavy (non-hydrogen) atoms. The molecule has 0 aliphatic heterocycles. The van der Waals surface area contributed by atoms with E-state index in [4.69, 9.17) is 0 Å². The third-order valence-electron chi connectivity index (χ3n) is 2.51. The number of aliphatic carboxylic acids is 1. The highest BCUT2D eigenvalue weighted by Gasteiger charge is 2.25. The number of carbonyl (C=O) groups is 1. The monoisotopic (exact) mass is 270 g/mol. The van der Waals surface area contributed by atoms with Gasteiger partial charge in [0.2, 0.25) is 0 Å². The lowest BCUT2D eigenvalue weighted by Crippen LogP contribution is -2.18. The Morgan fingerprint density at radius 2 is 2.00 bits per heavy atom. The minimum absolute atomic E-state index is 0.0931. The minimum Gasteiger partial charge on any atom is -0.481 e. The molecule has 0 fully saturated rings. The quantitative estimate of drug-likeness (QED) is 0.912. The van der Waals surface area contributed by atoms with Crippen LogP contribution in [0.15, 0.2) is 22.7 Å². The zero-order valence-corrected chi connectivity index (χ0v) is 10.7. The molecule has 1 unspecified atom stereocenters. The molecule has 0 aromatic heterocycles. The summed E-state index contributed by atoms with van der Waals surface area (Å²) >= 11 is 3.37. The Labute approximate surface area is 98.4 Å². The van der Waals surface area contributed by atoms with Crippen LogP contribution in [0.1, 0.15) is 30.9 Å². The van der Waals surface area contributed by atoms with Gasteiger partial charge in [-0.3, -0.25) is 4.79 Å². The van der Waals surface area contributed by atoms with Crippen molar-refractivity contribution >= 4 is 21.9 Å². The molecule has 1 atom stereocenters. The highest BCUT2D eigenvalue weighted by molar-refractivity contribution is 9.10. The lowest BCUT2D eigenvalue weighted by Gasteiger charge is -2.19. The first-order chi connectivity index (χ1) is 6.93. The second-order valence-corrected chi connectivity index (χ2v) is 4.98. The molecule has 0 saturated carbocycles. The molecule has 1 aromatic carbocycles. The molecule has 1 rings (SSSR count). The average molecular weight is 271 g/mol. The highest BCUT2D eigenvalue weighted by Crippen LogP contribution is 2.29. The zero-order valence-electron chi connectivity index (χ0n) is 9.12. The molecule has 3 heteroatoms. The van der Waals surface area contributed by atoms with Crippen molar-refractivity contribution in [3.8, 4) is 0 Å². The Balaban J connectivity index is 3.22. The predicted molar refractivity (Wildman–Crippen MR) is 64.1 cm³/mol. The molecule has 82 valence electrons. The topological polar surface area (TPSA) is 37.3 Å². The van der Waals surface area contributed by atoms with E-state index in [0.29, 0.717) is 0 Å². The summed E-state index contributed by atoms with van der Waals surface area (Å²) in [5, 5.41) is 9.20. The number of carboxylic acids is 1. The Bertz CT molecular complexity index is 372. The second-order valence-electron chi connectivity index (χ2n) is 4.06. The standard InChI is InChI=1S/C12H15BrO2/c1-7(2)11(12(14)15)10-6-9(13)5-4-8(10)3/h4-7,11H,1-3H3,(H,14,15). The Morgan fingerprint density at radius 3 is 2.47 bits per heavy atom. The van der Waals surface area contributed by atoms with Gasteiger partial charge in [-0.25, -0.2) is 0 Å². The number of hydrogen-bond donors (Lipinski definition) is 1. The van der Waals surface area contributed by atoms with Crippen LogP contribution in [0.2, 0.25) is 0 Å². The molecule has 0 bridgehead atoms. The van der Waals surface area contributed by atoms with Gasteiger partial charge in [-0.15, -0.1) is 0 Å². The van der Waals surface area contributed by atoms with Gasteiger partial charge in [0.25, 0.3) is 0 Å². The summed E-state index contributed by atoms with van der Waals surface area (Å²) in [6.45, 7) is 5.80. The van der Waals surface area contributed by atoms with Gasteiger partial charge in [-0.05, 0) is 36.1 Å². The predicted octanol–water partition coefficient (Wildman–Crippen LogP) is 3.58. The van der Waals surface area contributed by atoms with E-state index in [-0.39, 0.29) is 5.92 Å². The Morgan fingerprint density at radius 1 is 1.40 bits per heavy atom. The molecule has 0 heterocycles. The van der Waals surface area contributed by atoms with E-state index in [2.05, 4.69) is 15.9 Å². The van der Waals surface area contributed by atoms with E-state index >= 15 is 0 Å². The third kappa shape index (κ3) is 2.81. The number of carboxylic acid groups (broad SMARTS) is 1. The summed E-state index contributed by atoms with van der Waals surface area (Å²) in [4.78, 5) is 11.2. The van der Waals surface area contributed by atoms with E-state index in [1.54, 1.807) is 0 Å². The van der Waals surface area contributed by atoms with Crippen LogP contribution in [0, 0.1) is 12.8 Å². The second kappa shape index (κ2) is 4.79. The van der Waals surface area contributed by atoms with E-state index in [1.807, 2.05) is 39.0 Å². The van der Waals surface area contributed by atoms with Crippen LogP contribution in [0.4, 0.5) is 0 Å². The van der Waals surface area contributed by atoms with Crippen molar-refractivity contribution in [2.24, 2.45) is 5.92 Å². The lowest BCUT2D eigenvalue weighted by molar-refractivity contribution is -0.139. The van der Waals surface area contributed by atoms with Crippen molar-refractivity contribution < 1.29 is 9.90 Å². The molecule has 0 aliphatic carbocycles. The molecular formula is C12H15BrO2. The van der Waals surface area contributed by atoms with Gasteiger partial charge < -0.3 is 5.11 Å². The van der Waals surface area contributed by atoms with Crippen LogP contribution in [0.5, 0.6) is 0 Å². The van der Waals surface area contributed by atoms with Gasteiger partial charge in [0.1, 0.15) is 0 Å². The first-order valence-corrected chi connectivity index (χ1v) is 5.71. The number of aryl methyl sites for hydroxylation is 1. The van der Waals surface area contributed by atoms with E-state index < -0.39 is 11.9 Å². The zero-order chi connectivity index (χ0) is 11.6. The summed E-state index contributed by atoms with van der Waals surface area (Å²) in [6.07, 6.45) is 0. The van der Waals surface area contributed by atoms with Crippen LogP contribution in [0.3, 0.4) is 0 Å². The number of halogens is 1. The van der Waals surface area contributed by atoms with Crippen LogP contribution in [-0.2, 0) is 4.79 Å². The molecule has 0 saturated heterocycles. The summed E-state index contributed by atoms with van der Waals surface area (Å²) in [5.74, 6) is -1.09. The minimum atomic E-state index is -0.758. The molecule has 0 radical (unpaired) electrons. The molecule has 2 nitrogen and oxygen atoms in total. The van der Waals surface area contributed by atoms with Crippen LogP contribution < -0.4 is 0 Å². The summed E-state index contributed by atoms with van der Waals surface area (Å²) in [7, 11) is 0. The van der Waals surface area contributed by atoms with Crippen LogP contribution in [0.25, 0.3) is 0 Å². The van der Waals surface area contributed by atoms with Gasteiger partial charge in [-0.1, -0.05) is 35.8 Å². The largest absolute Gasteiger partial charge is 0.481 e. The Kier molecular flexibility index (Phi) is 3.91. The summed E-state index contributed by atoms with van der Waals surface area (Å²) in [5.41, 5.74) is 1.92. The van der Waals surface area contributed by atoms with Crippen LogP contribution >= 0.6 is 15.9 Å². The van der Waals surface area contributed by atoms with Gasteiger partial charge in [0.15, 0.2) is 0 Å². The molecule has 1 N–H and O–H groups in total. The molecule has 0 amide bonds. The summed E-state index contributed by atoms with van der Waals surface area (Å²) in [6, 6.07) is 5.77. The van der Waals surface area contributed by atoms with Crippen molar-refractivity contribution in [2.75, 3.05) is 0 Å². The van der Waals surface area contributed by atoms with Gasteiger partial charge in [0, 0.05) is 4.47 Å². The summed E-state index contributed by atoms with van der Waals surface area (Å²) < 4.78 is 0.926. The fourth-order valence-electron chi connectivity index (χ4n) is 1.72. The van der Waals surface area contributed by atoms with Crippen molar-refractivity contribution in [3.63, 3.8) is 0 Å². The van der Waals surface area contributed by atoms with Crippen molar-refractivity contribution in [3.05, 3.63) is 33.8 Å². The van der Waals surface area contributed by atoms with Crippen LogP contribution in [-0.4, -0.2) is 11.1 Å². The smallest absolute Gasteiger partial charge is 0.311 e. The lowest BCUT2D eigenvalue weighted by atomic mass is 9.86. The van der Waals surface area contributed by atoms with Crippen molar-refractivity contribution in [2.45, 2.75) is 26.7 Å². The number of hydrogen-bond acceptors (Lipinski definition) is 1. The molecule has 1 aromatic rings. The molecule has 0 aliphatic rings. The maximum atomic E-state index is 11.2. The van der Waals surface area contributed by atoms with Gasteiger partial charge >= 0.3 is 5.97 Å². The highest BCUT2D eigenvalue weighted by atomic mass is 79.9. The van der Waals surface area contributed by atoms with Crippen molar-refractivity contribution in [1.29, 1.82) is 0 Å². The van der Waals surface area contributed by atoms with E-state index in [9.17, 15) is 9.90 Å². The third-order valence-corrected chi connectivity index (χ3v) is 3.00. The van der Waals surface area contributed by atoms with E-state index in [0.717, 1.165) is 15.6 Å². The first-order valence-electron chi connectivity index (χ1n) is 4.92. The number of rotatable bonds is 3. The fourth-order valence-corrected chi connectivity index (χ4v) is 2.10.